The molecule has 0 radical (unpaired) electrons. The van der Waals surface area contributed by atoms with Gasteiger partial charge in [-0.05, 0) is 37.3 Å². The number of likely N-dealkylation sites (tertiary alicyclic amines) is 2. The Balaban J connectivity index is 1.27. The number of carbonyl (C=O) groups excluding carboxylic acids is 3. The summed E-state index contributed by atoms with van der Waals surface area (Å²) >= 11 is 0. The minimum absolute atomic E-state index is 0.0265. The molecule has 31 heavy (non-hydrogen) atoms. The molecular formula is C23H27N5O3. The van der Waals surface area contributed by atoms with E-state index >= 15 is 0 Å². The van der Waals surface area contributed by atoms with Crippen molar-refractivity contribution < 1.29 is 14.4 Å². The molecule has 3 aliphatic rings. The molecule has 1 aromatic heterocycles. The third-order valence-corrected chi connectivity index (χ3v) is 6.74. The summed E-state index contributed by atoms with van der Waals surface area (Å²) in [7, 11) is 0. The van der Waals surface area contributed by atoms with Gasteiger partial charge < -0.3 is 15.1 Å². The third kappa shape index (κ3) is 3.71. The molecule has 0 spiro atoms. The highest BCUT2D eigenvalue weighted by atomic mass is 16.2. The van der Waals surface area contributed by atoms with Crippen LogP contribution in [-0.2, 0) is 4.79 Å². The van der Waals surface area contributed by atoms with E-state index in [4.69, 9.17) is 0 Å². The van der Waals surface area contributed by atoms with Gasteiger partial charge in [-0.1, -0.05) is 18.2 Å². The fourth-order valence-corrected chi connectivity index (χ4v) is 5.09. The number of piperidine rings is 1. The number of fused-ring (bicyclic) bond motifs is 1. The second kappa shape index (κ2) is 8.17. The van der Waals surface area contributed by atoms with Crippen LogP contribution in [0.1, 0.15) is 76.0 Å². The number of hydrogen-bond donors (Lipinski definition) is 2. The van der Waals surface area contributed by atoms with Crippen LogP contribution < -0.4 is 5.32 Å². The summed E-state index contributed by atoms with van der Waals surface area (Å²) in [6.07, 6.45) is 5.76. The van der Waals surface area contributed by atoms with Gasteiger partial charge in [0.15, 0.2) is 0 Å². The fraction of sp³-hybridized carbons (Fsp3) is 0.478. The van der Waals surface area contributed by atoms with Gasteiger partial charge in [-0.2, -0.15) is 5.10 Å². The van der Waals surface area contributed by atoms with Crippen LogP contribution in [0.5, 0.6) is 0 Å². The molecule has 2 aromatic rings. The van der Waals surface area contributed by atoms with Crippen molar-refractivity contribution in [1.29, 1.82) is 0 Å². The van der Waals surface area contributed by atoms with E-state index < -0.39 is 0 Å². The molecule has 0 bridgehead atoms. The average molecular weight is 422 g/mol. The number of nitrogens with one attached hydrogen (secondary N) is 2. The van der Waals surface area contributed by atoms with E-state index in [1.165, 1.54) is 0 Å². The molecule has 162 valence electrons. The molecule has 2 atom stereocenters. The standard InChI is InChI=1S/C23H27N5O3/c29-20(12-19-16-7-1-2-8-17(16)22(30)25-19)28-11-5-6-15(14-28)21-18(13-24-26-21)23(31)27-9-3-4-10-27/h1-2,7-8,13,15,19H,3-6,9-12,14H2,(H,24,26)(H,25,30)/t15-,19+/m1/s1. The lowest BCUT2D eigenvalue weighted by Crippen LogP contribution is -2.41. The highest BCUT2D eigenvalue weighted by molar-refractivity contribution is 5.99. The normalized spacial score (nSPS) is 23.0. The van der Waals surface area contributed by atoms with Gasteiger partial charge in [0.2, 0.25) is 5.91 Å². The number of aromatic nitrogens is 2. The summed E-state index contributed by atoms with van der Waals surface area (Å²) in [5.74, 6) is 0.00766. The first-order chi connectivity index (χ1) is 15.1. The Kier molecular flexibility index (Phi) is 5.21. The molecule has 8 nitrogen and oxygen atoms in total. The topological polar surface area (TPSA) is 98.4 Å². The van der Waals surface area contributed by atoms with Crippen molar-refractivity contribution in [2.24, 2.45) is 0 Å². The van der Waals surface area contributed by atoms with Gasteiger partial charge in [0, 0.05) is 37.7 Å². The molecule has 0 saturated carbocycles. The number of rotatable bonds is 4. The zero-order chi connectivity index (χ0) is 21.4. The number of aromatic amines is 1. The summed E-state index contributed by atoms with van der Waals surface area (Å²) in [5.41, 5.74) is 3.02. The lowest BCUT2D eigenvalue weighted by molar-refractivity contribution is -0.132. The summed E-state index contributed by atoms with van der Waals surface area (Å²) in [6, 6.07) is 7.15. The smallest absolute Gasteiger partial charge is 0.257 e. The zero-order valence-electron chi connectivity index (χ0n) is 17.5. The highest BCUT2D eigenvalue weighted by Gasteiger charge is 2.34. The van der Waals surface area contributed by atoms with Gasteiger partial charge in [-0.25, -0.2) is 0 Å². The van der Waals surface area contributed by atoms with Crippen molar-refractivity contribution in [3.05, 3.63) is 52.8 Å². The monoisotopic (exact) mass is 421 g/mol. The van der Waals surface area contributed by atoms with Gasteiger partial charge in [0.05, 0.1) is 29.9 Å². The van der Waals surface area contributed by atoms with E-state index in [-0.39, 0.29) is 36.1 Å². The van der Waals surface area contributed by atoms with Gasteiger partial charge in [-0.3, -0.25) is 19.5 Å². The van der Waals surface area contributed by atoms with Gasteiger partial charge in [-0.15, -0.1) is 0 Å². The first kappa shape index (κ1) is 19.8. The van der Waals surface area contributed by atoms with E-state index in [0.717, 1.165) is 50.0 Å². The maximum atomic E-state index is 13.1. The molecule has 2 saturated heterocycles. The maximum Gasteiger partial charge on any atom is 0.257 e. The van der Waals surface area contributed by atoms with Crippen LogP contribution in [-0.4, -0.2) is 63.9 Å². The van der Waals surface area contributed by atoms with Crippen molar-refractivity contribution in [3.8, 4) is 0 Å². The van der Waals surface area contributed by atoms with Crippen LogP contribution in [0.4, 0.5) is 0 Å². The van der Waals surface area contributed by atoms with Crippen molar-refractivity contribution in [1.82, 2.24) is 25.3 Å². The van der Waals surface area contributed by atoms with Crippen LogP contribution in [0, 0.1) is 0 Å². The largest absolute Gasteiger partial charge is 0.345 e. The number of benzene rings is 1. The lowest BCUT2D eigenvalue weighted by atomic mass is 9.91. The van der Waals surface area contributed by atoms with Crippen molar-refractivity contribution in [2.75, 3.05) is 26.2 Å². The van der Waals surface area contributed by atoms with Crippen LogP contribution in [0.3, 0.4) is 0 Å². The molecular weight excluding hydrogens is 394 g/mol. The zero-order valence-corrected chi connectivity index (χ0v) is 17.5. The molecule has 0 aliphatic carbocycles. The Morgan fingerprint density at radius 3 is 2.68 bits per heavy atom. The molecule has 4 heterocycles. The first-order valence-corrected chi connectivity index (χ1v) is 11.1. The van der Waals surface area contributed by atoms with E-state index in [9.17, 15) is 14.4 Å². The Morgan fingerprint density at radius 2 is 1.84 bits per heavy atom. The van der Waals surface area contributed by atoms with E-state index in [1.807, 2.05) is 28.0 Å². The lowest BCUT2D eigenvalue weighted by Gasteiger charge is -2.33. The number of amides is 3. The Bertz CT molecular complexity index is 1010. The minimum atomic E-state index is -0.281. The third-order valence-electron chi connectivity index (χ3n) is 6.74. The number of nitrogens with zero attached hydrogens (tertiary/aromatic N) is 3. The molecule has 8 heteroatoms. The van der Waals surface area contributed by atoms with E-state index in [2.05, 4.69) is 15.5 Å². The van der Waals surface area contributed by atoms with Gasteiger partial charge in [0.1, 0.15) is 0 Å². The summed E-state index contributed by atoms with van der Waals surface area (Å²) < 4.78 is 0. The quantitative estimate of drug-likeness (QED) is 0.791. The van der Waals surface area contributed by atoms with Crippen LogP contribution in [0.15, 0.2) is 30.5 Å². The summed E-state index contributed by atoms with van der Waals surface area (Å²) in [6.45, 7) is 2.85. The predicted molar refractivity (Wildman–Crippen MR) is 114 cm³/mol. The summed E-state index contributed by atoms with van der Waals surface area (Å²) in [5, 5.41) is 10.1. The van der Waals surface area contributed by atoms with Crippen LogP contribution >= 0.6 is 0 Å². The fourth-order valence-electron chi connectivity index (χ4n) is 5.09. The molecule has 1 aromatic carbocycles. The molecule has 2 N–H and O–H groups in total. The number of H-pyrrole nitrogens is 1. The molecule has 3 aliphatic heterocycles. The van der Waals surface area contributed by atoms with E-state index in [0.29, 0.717) is 24.2 Å². The first-order valence-electron chi connectivity index (χ1n) is 11.1. The Morgan fingerprint density at radius 1 is 1.06 bits per heavy atom. The maximum absolute atomic E-state index is 13.1. The van der Waals surface area contributed by atoms with E-state index in [1.54, 1.807) is 12.3 Å². The van der Waals surface area contributed by atoms with Crippen molar-refractivity contribution >= 4 is 17.7 Å². The van der Waals surface area contributed by atoms with Crippen molar-refractivity contribution in [2.45, 2.75) is 44.1 Å². The van der Waals surface area contributed by atoms with Gasteiger partial charge in [0.25, 0.3) is 11.8 Å². The second-order valence-electron chi connectivity index (χ2n) is 8.69. The molecule has 2 fully saturated rings. The molecule has 5 rings (SSSR count). The number of hydrogen-bond acceptors (Lipinski definition) is 4. The SMILES string of the molecule is O=C1N[C@@H](CC(=O)N2CCC[C@@H](c3[nH]ncc3C(=O)N3CCCC3)C2)c2ccccc21. The van der Waals surface area contributed by atoms with Gasteiger partial charge >= 0.3 is 0 Å². The minimum Gasteiger partial charge on any atom is -0.345 e. The van der Waals surface area contributed by atoms with Crippen molar-refractivity contribution in [3.63, 3.8) is 0 Å². The molecule has 0 unspecified atom stereocenters. The van der Waals surface area contributed by atoms with Crippen LogP contribution in [0.2, 0.25) is 0 Å². The molecule has 3 amide bonds. The second-order valence-corrected chi connectivity index (χ2v) is 8.69. The Labute approximate surface area is 181 Å². The predicted octanol–water partition coefficient (Wildman–Crippen LogP) is 2.23. The van der Waals surface area contributed by atoms with Crippen LogP contribution in [0.25, 0.3) is 0 Å². The summed E-state index contributed by atoms with van der Waals surface area (Å²) in [4.78, 5) is 41.9. The number of carbonyl (C=O) groups is 3. The highest BCUT2D eigenvalue weighted by Crippen LogP contribution is 2.32. The Hall–Kier alpha value is -3.16. The average Bonchev–Trinajstić information content (AvgIpc) is 3.55.